The number of hydrogen-bond acceptors (Lipinski definition) is 2. The van der Waals surface area contributed by atoms with Crippen LogP contribution in [0.4, 0.5) is 0 Å². The van der Waals surface area contributed by atoms with Crippen molar-refractivity contribution >= 4 is 29.9 Å². The summed E-state index contributed by atoms with van der Waals surface area (Å²) in [6.07, 6.45) is 0. The van der Waals surface area contributed by atoms with Gasteiger partial charge in [0.05, 0.1) is 10.6 Å². The predicted molar refractivity (Wildman–Crippen MR) is 74.0 cm³/mol. The third kappa shape index (κ3) is 4.94. The zero-order valence-corrected chi connectivity index (χ0v) is 11.8. The molecule has 0 saturated carbocycles. The fraction of sp³-hybridized carbons (Fsp3) is 0.417. The first kappa shape index (κ1) is 16.2. The van der Waals surface area contributed by atoms with Crippen LogP contribution < -0.4 is 11.1 Å². The first-order valence-corrected chi connectivity index (χ1v) is 5.51. The van der Waals surface area contributed by atoms with Gasteiger partial charge in [-0.15, -0.1) is 12.4 Å². The number of nitrogens with two attached hydrogens (primary N) is 1. The molecule has 3 nitrogen and oxygen atoms in total. The lowest BCUT2D eigenvalue weighted by Gasteiger charge is -2.19. The highest BCUT2D eigenvalue weighted by Gasteiger charge is 2.15. The van der Waals surface area contributed by atoms with Crippen molar-refractivity contribution in [2.24, 2.45) is 5.73 Å². The zero-order valence-electron chi connectivity index (χ0n) is 10.2. The molecule has 0 radical (unpaired) electrons. The summed E-state index contributed by atoms with van der Waals surface area (Å²) in [7, 11) is 0. The monoisotopic (exact) mass is 276 g/mol. The molecule has 0 saturated heterocycles. The molecule has 0 unspecified atom stereocenters. The summed E-state index contributed by atoms with van der Waals surface area (Å²) in [4.78, 5) is 11.8. The summed E-state index contributed by atoms with van der Waals surface area (Å²) in [5.41, 5.74) is 6.74. The maximum absolute atomic E-state index is 11.8. The van der Waals surface area contributed by atoms with E-state index in [0.717, 1.165) is 5.56 Å². The van der Waals surface area contributed by atoms with Crippen LogP contribution in [0.1, 0.15) is 29.8 Å². The molecule has 0 heterocycles. The first-order valence-electron chi connectivity index (χ1n) is 5.13. The fourth-order valence-electron chi connectivity index (χ4n) is 1.23. The van der Waals surface area contributed by atoms with Crippen LogP contribution in [0.2, 0.25) is 5.02 Å². The van der Waals surface area contributed by atoms with Crippen LogP contribution in [0, 0.1) is 6.92 Å². The topological polar surface area (TPSA) is 55.1 Å². The molecule has 1 rings (SSSR count). The predicted octanol–water partition coefficient (Wildman–Crippen LogP) is 2.54. The van der Waals surface area contributed by atoms with E-state index in [1.807, 2.05) is 32.9 Å². The number of halogens is 2. The largest absolute Gasteiger partial charge is 0.350 e. The Kier molecular flexibility index (Phi) is 5.96. The van der Waals surface area contributed by atoms with Gasteiger partial charge in [0.1, 0.15) is 0 Å². The lowest BCUT2D eigenvalue weighted by atomic mass is 10.1. The van der Waals surface area contributed by atoms with Gasteiger partial charge in [0.25, 0.3) is 5.91 Å². The van der Waals surface area contributed by atoms with E-state index in [2.05, 4.69) is 5.32 Å². The van der Waals surface area contributed by atoms with E-state index in [9.17, 15) is 4.79 Å². The molecule has 0 spiro atoms. The maximum atomic E-state index is 11.8. The van der Waals surface area contributed by atoms with Gasteiger partial charge < -0.3 is 11.1 Å². The van der Waals surface area contributed by atoms with Gasteiger partial charge >= 0.3 is 0 Å². The quantitative estimate of drug-likeness (QED) is 0.892. The van der Waals surface area contributed by atoms with Gasteiger partial charge in [-0.3, -0.25) is 4.79 Å². The highest BCUT2D eigenvalue weighted by atomic mass is 35.5. The van der Waals surface area contributed by atoms with Gasteiger partial charge in [-0.25, -0.2) is 0 Å². The molecule has 0 aliphatic carbocycles. The summed E-state index contributed by atoms with van der Waals surface area (Å²) in [5, 5.41) is 3.25. The number of nitrogens with one attached hydrogen (secondary N) is 1. The maximum Gasteiger partial charge on any atom is 0.252 e. The van der Waals surface area contributed by atoms with Crippen LogP contribution in [0.3, 0.4) is 0 Å². The number of benzene rings is 1. The molecule has 96 valence electrons. The molecule has 0 atom stereocenters. The molecule has 3 N–H and O–H groups in total. The molecule has 17 heavy (non-hydrogen) atoms. The minimum atomic E-state index is -0.425. The molecule has 5 heteroatoms. The average molecular weight is 277 g/mol. The summed E-state index contributed by atoms with van der Waals surface area (Å²) < 4.78 is 0. The Morgan fingerprint density at radius 1 is 1.47 bits per heavy atom. The Labute approximate surface area is 113 Å². The molecule has 1 amide bonds. The van der Waals surface area contributed by atoms with E-state index >= 15 is 0 Å². The standard InChI is InChI=1S/C12H17ClN2O.ClH/c1-8-5-4-6-9(10(8)13)11(16)15-7-12(2,3)14;/h4-6H,7,14H2,1-3H3,(H,15,16);1H. The zero-order chi connectivity index (χ0) is 12.3. The molecule has 0 fully saturated rings. The van der Waals surface area contributed by atoms with E-state index in [1.54, 1.807) is 6.07 Å². The molecule has 1 aromatic carbocycles. The highest BCUT2D eigenvalue weighted by molar-refractivity contribution is 6.34. The minimum absolute atomic E-state index is 0. The molecular weight excluding hydrogens is 259 g/mol. The second-order valence-corrected chi connectivity index (χ2v) is 4.99. The first-order chi connectivity index (χ1) is 7.31. The molecule has 1 aromatic rings. The second-order valence-electron chi connectivity index (χ2n) is 4.61. The smallest absolute Gasteiger partial charge is 0.252 e. The van der Waals surface area contributed by atoms with Crippen LogP contribution in [0.5, 0.6) is 0 Å². The van der Waals surface area contributed by atoms with Gasteiger partial charge in [0.15, 0.2) is 0 Å². The lowest BCUT2D eigenvalue weighted by Crippen LogP contribution is -2.45. The van der Waals surface area contributed by atoms with Gasteiger partial charge in [0.2, 0.25) is 0 Å². The summed E-state index contributed by atoms with van der Waals surface area (Å²) in [6.45, 7) is 5.98. The highest BCUT2D eigenvalue weighted by Crippen LogP contribution is 2.19. The third-order valence-corrected chi connectivity index (χ3v) is 2.64. The van der Waals surface area contributed by atoms with Crippen LogP contribution in [-0.4, -0.2) is 18.0 Å². The summed E-state index contributed by atoms with van der Waals surface area (Å²) in [5.74, 6) is -0.188. The van der Waals surface area contributed by atoms with Crippen molar-refractivity contribution in [3.63, 3.8) is 0 Å². The van der Waals surface area contributed by atoms with Crippen LogP contribution in [0.15, 0.2) is 18.2 Å². The third-order valence-electron chi connectivity index (χ3n) is 2.14. The molecule has 0 aliphatic heterocycles. The number of aryl methyl sites for hydroxylation is 1. The Hall–Kier alpha value is -0.770. The summed E-state index contributed by atoms with van der Waals surface area (Å²) >= 11 is 6.05. The fourth-order valence-corrected chi connectivity index (χ4v) is 1.44. The van der Waals surface area contributed by atoms with Crippen molar-refractivity contribution < 1.29 is 4.79 Å². The van der Waals surface area contributed by atoms with Gasteiger partial charge in [-0.2, -0.15) is 0 Å². The summed E-state index contributed by atoms with van der Waals surface area (Å²) in [6, 6.07) is 5.38. The normalized spacial score (nSPS) is 10.6. The molecule has 0 bridgehead atoms. The Balaban J connectivity index is 0.00000256. The Bertz CT molecular complexity index is 400. The Morgan fingerprint density at radius 2 is 2.06 bits per heavy atom. The number of hydrogen-bond donors (Lipinski definition) is 2. The van der Waals surface area contributed by atoms with Crippen LogP contribution >= 0.6 is 24.0 Å². The van der Waals surface area contributed by atoms with Crippen molar-refractivity contribution in [1.82, 2.24) is 5.32 Å². The van der Waals surface area contributed by atoms with Gasteiger partial charge in [0, 0.05) is 12.1 Å². The van der Waals surface area contributed by atoms with Crippen molar-refractivity contribution in [2.75, 3.05) is 6.54 Å². The second kappa shape index (κ2) is 6.24. The van der Waals surface area contributed by atoms with Crippen LogP contribution in [-0.2, 0) is 0 Å². The number of rotatable bonds is 3. The average Bonchev–Trinajstić information content (AvgIpc) is 2.17. The molecule has 0 aliphatic rings. The number of carbonyl (C=O) groups is 1. The SMILES string of the molecule is Cc1cccc(C(=O)NCC(C)(C)N)c1Cl.Cl. The number of carbonyl (C=O) groups excluding carboxylic acids is 1. The molecule has 0 aromatic heterocycles. The minimum Gasteiger partial charge on any atom is -0.350 e. The van der Waals surface area contributed by atoms with E-state index in [1.165, 1.54) is 0 Å². The van der Waals surface area contributed by atoms with Crippen LogP contribution in [0.25, 0.3) is 0 Å². The number of amides is 1. The van der Waals surface area contributed by atoms with E-state index in [-0.39, 0.29) is 18.3 Å². The Morgan fingerprint density at radius 3 is 2.59 bits per heavy atom. The van der Waals surface area contributed by atoms with E-state index in [4.69, 9.17) is 17.3 Å². The lowest BCUT2D eigenvalue weighted by molar-refractivity contribution is 0.0946. The van der Waals surface area contributed by atoms with E-state index < -0.39 is 5.54 Å². The van der Waals surface area contributed by atoms with Gasteiger partial charge in [-0.1, -0.05) is 23.7 Å². The molecular formula is C12H18Cl2N2O. The van der Waals surface area contributed by atoms with Crippen molar-refractivity contribution in [1.29, 1.82) is 0 Å². The van der Waals surface area contributed by atoms with E-state index in [0.29, 0.717) is 17.1 Å². The van der Waals surface area contributed by atoms with Crippen molar-refractivity contribution in [3.8, 4) is 0 Å². The van der Waals surface area contributed by atoms with Crippen molar-refractivity contribution in [3.05, 3.63) is 34.3 Å². The van der Waals surface area contributed by atoms with Gasteiger partial charge in [-0.05, 0) is 32.4 Å². The van der Waals surface area contributed by atoms with Crippen molar-refractivity contribution in [2.45, 2.75) is 26.3 Å².